The maximum absolute atomic E-state index is 7.56. The first-order valence-electron chi connectivity index (χ1n) is 8.12. The average molecular weight is 266 g/mol. The summed E-state index contributed by atoms with van der Waals surface area (Å²) in [5.41, 5.74) is 3.42. The van der Waals surface area contributed by atoms with Crippen molar-refractivity contribution in [2.75, 3.05) is 0 Å². The summed E-state index contributed by atoms with van der Waals surface area (Å²) in [6.45, 7) is -0.125. The second-order valence-corrected chi connectivity index (χ2v) is 4.97. The third-order valence-corrected chi connectivity index (χ3v) is 3.50. The van der Waals surface area contributed by atoms with E-state index in [0.717, 1.165) is 22.6 Å². The summed E-state index contributed by atoms with van der Waals surface area (Å²) in [6, 6.07) is 15.4. The van der Waals surface area contributed by atoms with E-state index in [0.29, 0.717) is 5.56 Å². The van der Waals surface area contributed by atoms with Crippen molar-refractivity contribution in [3.05, 3.63) is 72.1 Å². The molecule has 3 aromatic rings. The molecule has 0 amide bonds. The molecule has 0 unspecified atom stereocenters. The van der Waals surface area contributed by atoms with Gasteiger partial charge in [0, 0.05) is 4.11 Å². The van der Waals surface area contributed by atoms with Gasteiger partial charge in [-0.3, -0.25) is 0 Å². The largest absolute Gasteiger partial charge is 0.294 e. The summed E-state index contributed by atoms with van der Waals surface area (Å²) in [4.78, 5) is 0. The zero-order chi connectivity index (χ0) is 16.6. The van der Waals surface area contributed by atoms with E-state index in [9.17, 15) is 0 Å². The summed E-state index contributed by atoms with van der Waals surface area (Å²) in [6.07, 6.45) is 4.02. The fraction of sp³-hybridized carbons (Fsp3) is 0.167. The van der Waals surface area contributed by atoms with Crippen molar-refractivity contribution in [2.45, 2.75) is 13.8 Å². The molecule has 2 heteroatoms. The monoisotopic (exact) mass is 266 g/mol. The van der Waals surface area contributed by atoms with Gasteiger partial charge in [0.25, 0.3) is 5.82 Å². The lowest BCUT2D eigenvalue weighted by Crippen LogP contribution is -2.29. The molecule has 1 aromatic heterocycles. The molecule has 2 nitrogen and oxygen atoms in total. The fourth-order valence-corrected chi connectivity index (χ4v) is 2.51. The number of hydrogen-bond acceptors (Lipinski definition) is 0. The second-order valence-electron chi connectivity index (χ2n) is 4.97. The first kappa shape index (κ1) is 9.54. The van der Waals surface area contributed by atoms with E-state index < -0.39 is 6.85 Å². The Morgan fingerprint density at radius 1 is 1.10 bits per heavy atom. The normalized spacial score (nSPS) is 13.6. The van der Waals surface area contributed by atoms with E-state index in [1.807, 2.05) is 55.2 Å². The Bertz CT molecular complexity index is 833. The van der Waals surface area contributed by atoms with Crippen LogP contribution in [0.4, 0.5) is 0 Å². The predicted molar refractivity (Wildman–Crippen MR) is 81.9 cm³/mol. The van der Waals surface area contributed by atoms with Crippen LogP contribution in [0, 0.1) is 13.8 Å². The zero-order valence-corrected chi connectivity index (χ0v) is 11.7. The van der Waals surface area contributed by atoms with Crippen molar-refractivity contribution in [2.24, 2.45) is 7.05 Å². The minimum absolute atomic E-state index is 0.374. The number of imidazole rings is 1. The van der Waals surface area contributed by atoms with Crippen LogP contribution in [0.5, 0.6) is 0 Å². The van der Waals surface area contributed by atoms with Crippen LogP contribution in [-0.4, -0.2) is 4.57 Å². The molecule has 3 rings (SSSR count). The minimum Gasteiger partial charge on any atom is -0.232 e. The summed E-state index contributed by atoms with van der Waals surface area (Å²) in [5.74, 6) is 1.02. The highest BCUT2D eigenvalue weighted by molar-refractivity contribution is 5.61. The molecule has 0 bridgehead atoms. The Labute approximate surface area is 124 Å². The molecule has 1 heterocycles. The van der Waals surface area contributed by atoms with Gasteiger partial charge in [-0.15, -0.1) is 0 Å². The summed E-state index contributed by atoms with van der Waals surface area (Å²) >= 11 is 0. The molecule has 0 aliphatic carbocycles. The Hall–Kier alpha value is -2.35. The number of hydrogen-bond donors (Lipinski definition) is 0. The fourth-order valence-electron chi connectivity index (χ4n) is 2.51. The maximum Gasteiger partial charge on any atom is 0.294 e. The minimum atomic E-state index is -2.08. The molecule has 0 fully saturated rings. The maximum atomic E-state index is 7.56. The van der Waals surface area contributed by atoms with Crippen LogP contribution in [0.1, 0.15) is 15.2 Å². The van der Waals surface area contributed by atoms with Crippen molar-refractivity contribution in [1.82, 2.24) is 4.57 Å². The van der Waals surface area contributed by atoms with E-state index in [1.54, 1.807) is 12.1 Å². The lowest BCUT2D eigenvalue weighted by atomic mass is 10.0. The summed E-state index contributed by atoms with van der Waals surface area (Å²) in [5, 5.41) is 0. The molecule has 0 aliphatic rings. The lowest BCUT2D eigenvalue weighted by Gasteiger charge is -2.06. The van der Waals surface area contributed by atoms with E-state index >= 15 is 0 Å². The van der Waals surface area contributed by atoms with Crippen molar-refractivity contribution < 1.29 is 8.68 Å². The Morgan fingerprint density at radius 3 is 2.60 bits per heavy atom. The Morgan fingerprint density at radius 2 is 1.90 bits per heavy atom. The third-order valence-electron chi connectivity index (χ3n) is 3.50. The number of aryl methyl sites for hydroxylation is 3. The molecule has 0 saturated carbocycles. The van der Waals surface area contributed by atoms with Gasteiger partial charge in [0.2, 0.25) is 0 Å². The molecule has 0 aliphatic heterocycles. The van der Waals surface area contributed by atoms with E-state index in [2.05, 4.69) is 16.7 Å². The van der Waals surface area contributed by atoms with E-state index in [-0.39, 0.29) is 0 Å². The molecule has 0 N–H and O–H groups in total. The van der Waals surface area contributed by atoms with Gasteiger partial charge in [0.05, 0.1) is 12.6 Å². The highest BCUT2D eigenvalue weighted by atomic mass is 15.1. The van der Waals surface area contributed by atoms with Crippen molar-refractivity contribution in [3.63, 3.8) is 0 Å². The second kappa shape index (κ2) is 4.97. The van der Waals surface area contributed by atoms with E-state index in [4.69, 9.17) is 4.11 Å². The Kier molecular flexibility index (Phi) is 2.37. The lowest BCUT2D eigenvalue weighted by molar-refractivity contribution is -0.659. The molecule has 0 spiro atoms. The van der Waals surface area contributed by atoms with Crippen LogP contribution < -0.4 is 4.57 Å². The molecular formula is C18H19N2+. The van der Waals surface area contributed by atoms with Gasteiger partial charge in [-0.25, -0.2) is 4.57 Å². The Balaban J connectivity index is 2.15. The molecular weight excluding hydrogens is 244 g/mol. The van der Waals surface area contributed by atoms with Gasteiger partial charge in [-0.1, -0.05) is 35.9 Å². The highest BCUT2D eigenvalue weighted by Crippen LogP contribution is 2.24. The topological polar surface area (TPSA) is 8.81 Å². The zero-order valence-electron chi connectivity index (χ0n) is 14.7. The number of aromatic nitrogens is 2. The van der Waals surface area contributed by atoms with Crippen LogP contribution in [0.2, 0.25) is 0 Å². The molecule has 100 valence electrons. The van der Waals surface area contributed by atoms with Crippen molar-refractivity contribution in [3.8, 4) is 17.1 Å². The number of nitrogens with zero attached hydrogens (tertiary/aromatic N) is 2. The van der Waals surface area contributed by atoms with Gasteiger partial charge in [0.15, 0.2) is 0 Å². The van der Waals surface area contributed by atoms with Gasteiger partial charge in [0.1, 0.15) is 18.1 Å². The van der Waals surface area contributed by atoms with Crippen LogP contribution in [-0.2, 0) is 7.05 Å². The standard InChI is InChI=1S/C18H19N2/c1-14-9-10-17(15(2)13-14)18-19(3)11-12-20(18)16-7-5-4-6-8-16/h4-13H,1-3H3/q+1/i1D3. The average Bonchev–Trinajstić information content (AvgIpc) is 2.89. The van der Waals surface area contributed by atoms with Gasteiger partial charge in [-0.2, -0.15) is 4.57 Å². The number of para-hydroxylation sites is 1. The van der Waals surface area contributed by atoms with Crippen LogP contribution in [0.3, 0.4) is 0 Å². The SMILES string of the molecule is [2H]C([2H])([2H])c1ccc(-c2n(-c3ccccc3)cc[n+]2C)c(C)c1. The summed E-state index contributed by atoms with van der Waals surface area (Å²) in [7, 11) is 1.99. The summed E-state index contributed by atoms with van der Waals surface area (Å²) < 4.78 is 26.8. The molecule has 2 aromatic carbocycles. The number of benzene rings is 2. The third kappa shape index (κ3) is 2.14. The molecule has 0 saturated heterocycles. The highest BCUT2D eigenvalue weighted by Gasteiger charge is 2.20. The number of rotatable bonds is 2. The van der Waals surface area contributed by atoms with Crippen LogP contribution in [0.15, 0.2) is 60.9 Å². The van der Waals surface area contributed by atoms with E-state index in [1.165, 1.54) is 0 Å². The van der Waals surface area contributed by atoms with Crippen LogP contribution >= 0.6 is 0 Å². The smallest absolute Gasteiger partial charge is 0.232 e. The van der Waals surface area contributed by atoms with Crippen molar-refractivity contribution >= 4 is 0 Å². The van der Waals surface area contributed by atoms with Crippen LogP contribution in [0.25, 0.3) is 17.1 Å². The molecule has 0 radical (unpaired) electrons. The first-order chi connectivity index (χ1) is 10.9. The first-order valence-corrected chi connectivity index (χ1v) is 6.62. The van der Waals surface area contributed by atoms with Crippen molar-refractivity contribution in [1.29, 1.82) is 0 Å². The van der Waals surface area contributed by atoms with Gasteiger partial charge in [-0.05, 0) is 37.5 Å². The quantitative estimate of drug-likeness (QED) is 0.627. The van der Waals surface area contributed by atoms with Gasteiger partial charge < -0.3 is 0 Å². The van der Waals surface area contributed by atoms with Gasteiger partial charge >= 0.3 is 0 Å². The molecule has 20 heavy (non-hydrogen) atoms. The molecule has 0 atom stereocenters. The predicted octanol–water partition coefficient (Wildman–Crippen LogP) is 3.59.